The highest BCUT2D eigenvalue weighted by atomic mass is 32.2. The standard InChI is InChI=1S/C12H24N2O4S/c1-10(12(15)13-6-3-7-18-2)14-11-4-8-19(16,17)9-5-11/h10-11,14H,3-9H2,1-2H3,(H,13,15). The second-order valence-corrected chi connectivity index (χ2v) is 7.26. The third-order valence-corrected chi connectivity index (χ3v) is 4.97. The molecule has 1 aliphatic rings. The van der Waals surface area contributed by atoms with Gasteiger partial charge in [0.15, 0.2) is 0 Å². The van der Waals surface area contributed by atoms with Crippen molar-refractivity contribution < 1.29 is 17.9 Å². The third-order valence-electron chi connectivity index (χ3n) is 3.26. The number of nitrogens with one attached hydrogen (secondary N) is 2. The fraction of sp³-hybridized carbons (Fsp3) is 0.917. The first-order valence-electron chi connectivity index (χ1n) is 6.68. The van der Waals surface area contributed by atoms with Crippen LogP contribution in [0.4, 0.5) is 0 Å². The smallest absolute Gasteiger partial charge is 0.236 e. The van der Waals surface area contributed by atoms with E-state index in [0.717, 1.165) is 6.42 Å². The summed E-state index contributed by atoms with van der Waals surface area (Å²) in [5.41, 5.74) is 0. The van der Waals surface area contributed by atoms with Crippen LogP contribution in [0.1, 0.15) is 26.2 Å². The van der Waals surface area contributed by atoms with Gasteiger partial charge in [-0.25, -0.2) is 8.42 Å². The molecule has 0 radical (unpaired) electrons. The minimum atomic E-state index is -2.85. The molecule has 1 fully saturated rings. The summed E-state index contributed by atoms with van der Waals surface area (Å²) in [5.74, 6) is 0.379. The van der Waals surface area contributed by atoms with E-state index < -0.39 is 9.84 Å². The van der Waals surface area contributed by atoms with E-state index in [1.807, 2.05) is 0 Å². The molecule has 1 saturated heterocycles. The monoisotopic (exact) mass is 292 g/mol. The molecule has 1 unspecified atom stereocenters. The van der Waals surface area contributed by atoms with Crippen LogP contribution in [-0.4, -0.2) is 58.2 Å². The van der Waals surface area contributed by atoms with Crippen LogP contribution in [0.15, 0.2) is 0 Å². The molecule has 0 bridgehead atoms. The molecule has 0 saturated carbocycles. The van der Waals surface area contributed by atoms with Gasteiger partial charge in [-0.15, -0.1) is 0 Å². The van der Waals surface area contributed by atoms with Crippen LogP contribution in [0.3, 0.4) is 0 Å². The van der Waals surface area contributed by atoms with Crippen molar-refractivity contribution in [3.63, 3.8) is 0 Å². The molecule has 0 aromatic carbocycles. The molecule has 112 valence electrons. The largest absolute Gasteiger partial charge is 0.385 e. The third kappa shape index (κ3) is 6.35. The molecule has 1 heterocycles. The zero-order chi connectivity index (χ0) is 14.3. The Morgan fingerprint density at radius 3 is 2.58 bits per heavy atom. The Labute approximate surface area is 115 Å². The lowest BCUT2D eigenvalue weighted by molar-refractivity contribution is -0.123. The molecule has 2 N–H and O–H groups in total. The first-order chi connectivity index (χ1) is 8.94. The average molecular weight is 292 g/mol. The predicted octanol–water partition coefficient (Wildman–Crippen LogP) is -0.306. The number of hydrogen-bond donors (Lipinski definition) is 2. The van der Waals surface area contributed by atoms with Gasteiger partial charge in [0.2, 0.25) is 5.91 Å². The van der Waals surface area contributed by atoms with Gasteiger partial charge in [-0.1, -0.05) is 0 Å². The van der Waals surface area contributed by atoms with Gasteiger partial charge in [0.05, 0.1) is 17.5 Å². The van der Waals surface area contributed by atoms with Crippen molar-refractivity contribution in [2.75, 3.05) is 31.8 Å². The van der Waals surface area contributed by atoms with Crippen molar-refractivity contribution in [1.29, 1.82) is 0 Å². The van der Waals surface area contributed by atoms with E-state index in [0.29, 0.717) is 26.0 Å². The lowest BCUT2D eigenvalue weighted by Crippen LogP contribution is -2.49. The van der Waals surface area contributed by atoms with E-state index in [9.17, 15) is 13.2 Å². The van der Waals surface area contributed by atoms with Crippen molar-refractivity contribution in [2.45, 2.75) is 38.3 Å². The minimum Gasteiger partial charge on any atom is -0.385 e. The number of ether oxygens (including phenoxy) is 1. The molecule has 1 aliphatic heterocycles. The van der Waals surface area contributed by atoms with E-state index in [2.05, 4.69) is 10.6 Å². The number of carbonyl (C=O) groups excluding carboxylic acids is 1. The zero-order valence-corrected chi connectivity index (χ0v) is 12.5. The normalized spacial score (nSPS) is 20.9. The van der Waals surface area contributed by atoms with Gasteiger partial charge in [-0.3, -0.25) is 4.79 Å². The van der Waals surface area contributed by atoms with Gasteiger partial charge in [0.25, 0.3) is 0 Å². The Kier molecular flexibility index (Phi) is 6.74. The fourth-order valence-corrected chi connectivity index (χ4v) is 3.56. The zero-order valence-electron chi connectivity index (χ0n) is 11.6. The van der Waals surface area contributed by atoms with E-state index >= 15 is 0 Å². The van der Waals surface area contributed by atoms with Crippen molar-refractivity contribution in [3.8, 4) is 0 Å². The number of rotatable bonds is 7. The van der Waals surface area contributed by atoms with Crippen LogP contribution in [0.25, 0.3) is 0 Å². The van der Waals surface area contributed by atoms with Crippen molar-refractivity contribution >= 4 is 15.7 Å². The van der Waals surface area contributed by atoms with E-state index in [4.69, 9.17) is 4.74 Å². The second-order valence-electron chi connectivity index (χ2n) is 4.95. The Hall–Kier alpha value is -0.660. The van der Waals surface area contributed by atoms with Gasteiger partial charge in [0.1, 0.15) is 9.84 Å². The highest BCUT2D eigenvalue weighted by Gasteiger charge is 2.25. The van der Waals surface area contributed by atoms with Gasteiger partial charge in [-0.05, 0) is 26.2 Å². The van der Waals surface area contributed by atoms with E-state index in [1.54, 1.807) is 14.0 Å². The van der Waals surface area contributed by atoms with Crippen LogP contribution < -0.4 is 10.6 Å². The summed E-state index contributed by atoms with van der Waals surface area (Å²) in [6.07, 6.45) is 1.96. The molecule has 0 spiro atoms. The van der Waals surface area contributed by atoms with Crippen LogP contribution in [0.5, 0.6) is 0 Å². The molecule has 1 atom stereocenters. The lowest BCUT2D eigenvalue weighted by atomic mass is 10.1. The summed E-state index contributed by atoms with van der Waals surface area (Å²) in [7, 11) is -1.22. The van der Waals surface area contributed by atoms with Gasteiger partial charge in [0, 0.05) is 26.3 Å². The number of methoxy groups -OCH3 is 1. The molecule has 0 aromatic heterocycles. The number of amides is 1. The first kappa shape index (κ1) is 16.4. The average Bonchev–Trinajstić information content (AvgIpc) is 2.37. The maximum absolute atomic E-state index is 11.8. The Bertz CT molecular complexity index is 369. The molecule has 1 rings (SSSR count). The van der Waals surface area contributed by atoms with Crippen LogP contribution in [0.2, 0.25) is 0 Å². The fourth-order valence-electron chi connectivity index (χ4n) is 2.07. The molecular formula is C12H24N2O4S. The summed E-state index contributed by atoms with van der Waals surface area (Å²) < 4.78 is 27.5. The van der Waals surface area contributed by atoms with Crippen LogP contribution in [-0.2, 0) is 19.4 Å². The lowest BCUT2D eigenvalue weighted by Gasteiger charge is -2.26. The quantitative estimate of drug-likeness (QED) is 0.629. The van der Waals surface area contributed by atoms with Gasteiger partial charge >= 0.3 is 0 Å². The Morgan fingerprint density at radius 2 is 2.00 bits per heavy atom. The van der Waals surface area contributed by atoms with Crippen molar-refractivity contribution in [3.05, 3.63) is 0 Å². The van der Waals surface area contributed by atoms with Gasteiger partial charge in [-0.2, -0.15) is 0 Å². The highest BCUT2D eigenvalue weighted by Crippen LogP contribution is 2.12. The highest BCUT2D eigenvalue weighted by molar-refractivity contribution is 7.91. The van der Waals surface area contributed by atoms with E-state index in [-0.39, 0.29) is 29.5 Å². The first-order valence-corrected chi connectivity index (χ1v) is 8.50. The van der Waals surface area contributed by atoms with Crippen molar-refractivity contribution in [2.24, 2.45) is 0 Å². The SMILES string of the molecule is COCCCNC(=O)C(C)NC1CCS(=O)(=O)CC1. The summed E-state index contributed by atoms with van der Waals surface area (Å²) in [6.45, 7) is 3.02. The maximum Gasteiger partial charge on any atom is 0.236 e. The van der Waals surface area contributed by atoms with Crippen LogP contribution >= 0.6 is 0 Å². The molecule has 0 aromatic rings. The molecular weight excluding hydrogens is 268 g/mol. The maximum atomic E-state index is 11.8. The molecule has 0 aliphatic carbocycles. The number of sulfone groups is 1. The Morgan fingerprint density at radius 1 is 1.37 bits per heavy atom. The molecule has 1 amide bonds. The summed E-state index contributed by atoms with van der Waals surface area (Å²) in [4.78, 5) is 11.8. The molecule has 7 heteroatoms. The number of hydrogen-bond acceptors (Lipinski definition) is 5. The summed E-state index contributed by atoms with van der Waals surface area (Å²) >= 11 is 0. The topological polar surface area (TPSA) is 84.5 Å². The van der Waals surface area contributed by atoms with Gasteiger partial charge < -0.3 is 15.4 Å². The Balaban J connectivity index is 2.23. The molecule has 19 heavy (non-hydrogen) atoms. The van der Waals surface area contributed by atoms with E-state index in [1.165, 1.54) is 0 Å². The second kappa shape index (κ2) is 7.81. The summed E-state index contributed by atoms with van der Waals surface area (Å²) in [5, 5.41) is 6.01. The predicted molar refractivity (Wildman–Crippen MR) is 73.8 cm³/mol. The van der Waals surface area contributed by atoms with Crippen molar-refractivity contribution in [1.82, 2.24) is 10.6 Å². The number of carbonyl (C=O) groups is 1. The minimum absolute atomic E-state index is 0.0514. The van der Waals surface area contributed by atoms with Crippen LogP contribution in [0, 0.1) is 0 Å². The summed E-state index contributed by atoms with van der Waals surface area (Å²) in [6, 6.07) is -0.184. The molecule has 6 nitrogen and oxygen atoms in total.